The third kappa shape index (κ3) is 4.27. The Morgan fingerprint density at radius 3 is 2.96 bits per heavy atom. The molecule has 2 heterocycles. The van der Waals surface area contributed by atoms with Crippen molar-refractivity contribution in [3.63, 3.8) is 0 Å². The number of rotatable bonds is 5. The maximum absolute atomic E-state index is 12.2. The number of nitrogens with one attached hydrogen (secondary N) is 1. The van der Waals surface area contributed by atoms with E-state index < -0.39 is 0 Å². The number of amides is 1. The van der Waals surface area contributed by atoms with Gasteiger partial charge in [-0.3, -0.25) is 9.78 Å². The number of benzene rings is 1. The summed E-state index contributed by atoms with van der Waals surface area (Å²) >= 11 is 5.01. The fraction of sp³-hybridized carbons (Fsp3) is 0.167. The van der Waals surface area contributed by atoms with E-state index in [-0.39, 0.29) is 18.4 Å². The third-order valence-corrected chi connectivity index (χ3v) is 4.96. The van der Waals surface area contributed by atoms with Crippen LogP contribution in [0.1, 0.15) is 24.2 Å². The van der Waals surface area contributed by atoms with Crippen molar-refractivity contribution in [1.29, 1.82) is 0 Å². The molecule has 0 saturated carbocycles. The van der Waals surface area contributed by atoms with E-state index in [4.69, 9.17) is 0 Å². The first-order valence-electron chi connectivity index (χ1n) is 7.51. The number of nitrogens with zero attached hydrogens (tertiary/aromatic N) is 2. The molecular formula is C18H16BrN3OS. The number of hydrogen-bond donors (Lipinski definition) is 1. The summed E-state index contributed by atoms with van der Waals surface area (Å²) in [5, 5.41) is 5.83. The summed E-state index contributed by atoms with van der Waals surface area (Å²) in [6.07, 6.45) is 3.76. The lowest BCUT2D eigenvalue weighted by molar-refractivity contribution is -0.121. The van der Waals surface area contributed by atoms with E-state index in [1.165, 1.54) is 0 Å². The van der Waals surface area contributed by atoms with E-state index in [9.17, 15) is 4.79 Å². The van der Waals surface area contributed by atoms with Gasteiger partial charge in [-0.15, -0.1) is 11.3 Å². The van der Waals surface area contributed by atoms with Gasteiger partial charge in [0.1, 0.15) is 5.01 Å². The van der Waals surface area contributed by atoms with Crippen molar-refractivity contribution in [1.82, 2.24) is 15.3 Å². The lowest BCUT2D eigenvalue weighted by atomic mass is 10.1. The van der Waals surface area contributed by atoms with Crippen molar-refractivity contribution in [2.75, 3.05) is 0 Å². The van der Waals surface area contributed by atoms with Crippen LogP contribution in [0, 0.1) is 0 Å². The molecule has 0 aliphatic carbocycles. The molecule has 0 bridgehead atoms. The number of carbonyl (C=O) groups is 1. The molecule has 0 aliphatic heterocycles. The molecule has 0 fully saturated rings. The van der Waals surface area contributed by atoms with Crippen LogP contribution in [0.2, 0.25) is 0 Å². The minimum absolute atomic E-state index is 0.0440. The number of aromatic nitrogens is 2. The minimum atomic E-state index is -0.0746. The molecule has 6 heteroatoms. The third-order valence-electron chi connectivity index (χ3n) is 3.53. The van der Waals surface area contributed by atoms with Gasteiger partial charge in [0.15, 0.2) is 0 Å². The van der Waals surface area contributed by atoms with Crippen LogP contribution in [-0.4, -0.2) is 15.9 Å². The summed E-state index contributed by atoms with van der Waals surface area (Å²) in [4.78, 5) is 20.9. The number of halogens is 1. The molecule has 0 aliphatic rings. The minimum Gasteiger partial charge on any atom is -0.349 e. The van der Waals surface area contributed by atoms with Crippen molar-refractivity contribution >= 4 is 33.2 Å². The molecule has 4 nitrogen and oxygen atoms in total. The second-order valence-electron chi connectivity index (χ2n) is 5.41. The van der Waals surface area contributed by atoms with Gasteiger partial charge in [0.05, 0.1) is 18.2 Å². The summed E-state index contributed by atoms with van der Waals surface area (Å²) < 4.78 is 1.01. The highest BCUT2D eigenvalue weighted by atomic mass is 79.9. The lowest BCUT2D eigenvalue weighted by Gasteiger charge is -2.13. The molecule has 3 aromatic rings. The second kappa shape index (κ2) is 7.68. The largest absolute Gasteiger partial charge is 0.349 e. The van der Waals surface area contributed by atoms with Gasteiger partial charge in [-0.2, -0.15) is 0 Å². The molecule has 1 unspecified atom stereocenters. The predicted octanol–water partition coefficient (Wildman–Crippen LogP) is 4.39. The smallest absolute Gasteiger partial charge is 0.226 e. The molecule has 1 atom stereocenters. The normalized spacial score (nSPS) is 11.9. The highest BCUT2D eigenvalue weighted by molar-refractivity contribution is 9.10. The van der Waals surface area contributed by atoms with Crippen molar-refractivity contribution in [3.05, 3.63) is 69.9 Å². The van der Waals surface area contributed by atoms with Gasteiger partial charge in [0, 0.05) is 27.8 Å². The van der Waals surface area contributed by atoms with Crippen LogP contribution in [0.25, 0.3) is 10.6 Å². The van der Waals surface area contributed by atoms with Gasteiger partial charge in [0.2, 0.25) is 5.91 Å². The van der Waals surface area contributed by atoms with Gasteiger partial charge in [-0.1, -0.05) is 34.1 Å². The summed E-state index contributed by atoms with van der Waals surface area (Å²) in [5.74, 6) is -0.0440. The highest BCUT2D eigenvalue weighted by Crippen LogP contribution is 2.26. The molecule has 3 rings (SSSR count). The first-order chi connectivity index (χ1) is 11.6. The quantitative estimate of drug-likeness (QED) is 0.689. The maximum atomic E-state index is 12.2. The summed E-state index contributed by atoms with van der Waals surface area (Å²) in [7, 11) is 0. The van der Waals surface area contributed by atoms with Crippen LogP contribution < -0.4 is 5.32 Å². The monoisotopic (exact) mass is 401 g/mol. The zero-order valence-corrected chi connectivity index (χ0v) is 15.5. The summed E-state index contributed by atoms with van der Waals surface area (Å²) in [5.41, 5.74) is 2.81. The van der Waals surface area contributed by atoms with Crippen LogP contribution in [0.5, 0.6) is 0 Å². The number of thiazole rings is 1. The van der Waals surface area contributed by atoms with Crippen molar-refractivity contribution in [2.45, 2.75) is 19.4 Å². The number of carbonyl (C=O) groups excluding carboxylic acids is 1. The van der Waals surface area contributed by atoms with E-state index in [0.29, 0.717) is 0 Å². The zero-order valence-electron chi connectivity index (χ0n) is 13.1. The Labute approximate surface area is 153 Å². The average Bonchev–Trinajstić information content (AvgIpc) is 3.04. The van der Waals surface area contributed by atoms with Gasteiger partial charge >= 0.3 is 0 Å². The Bertz CT molecular complexity index is 835. The molecule has 1 amide bonds. The Morgan fingerprint density at radius 2 is 2.21 bits per heavy atom. The van der Waals surface area contributed by atoms with Crippen LogP contribution in [-0.2, 0) is 11.2 Å². The van der Waals surface area contributed by atoms with Gasteiger partial charge in [-0.25, -0.2) is 4.98 Å². The van der Waals surface area contributed by atoms with Crippen molar-refractivity contribution < 1.29 is 4.79 Å². The van der Waals surface area contributed by atoms with Gasteiger partial charge in [-0.05, 0) is 30.7 Å². The zero-order chi connectivity index (χ0) is 16.9. The molecule has 1 aromatic carbocycles. The van der Waals surface area contributed by atoms with Crippen LogP contribution >= 0.6 is 27.3 Å². The van der Waals surface area contributed by atoms with E-state index in [1.54, 1.807) is 23.7 Å². The molecule has 0 radical (unpaired) electrons. The van der Waals surface area contributed by atoms with E-state index in [1.807, 2.05) is 48.7 Å². The fourth-order valence-electron chi connectivity index (χ4n) is 2.31. The first-order valence-corrected chi connectivity index (χ1v) is 9.19. The standard InChI is InChI=1S/C18H16BrN3OS/c1-12(14-5-3-7-20-10-14)21-17(23)9-16-11-24-18(22-16)13-4-2-6-15(19)8-13/h2-8,10-12H,9H2,1H3,(H,21,23). The van der Waals surface area contributed by atoms with Gasteiger partial charge in [0.25, 0.3) is 0 Å². The average molecular weight is 402 g/mol. The molecule has 0 saturated heterocycles. The van der Waals surface area contributed by atoms with Crippen molar-refractivity contribution in [2.24, 2.45) is 0 Å². The molecular weight excluding hydrogens is 386 g/mol. The maximum Gasteiger partial charge on any atom is 0.226 e. The fourth-order valence-corrected chi connectivity index (χ4v) is 3.53. The molecule has 2 aromatic heterocycles. The molecule has 24 heavy (non-hydrogen) atoms. The Morgan fingerprint density at radius 1 is 1.33 bits per heavy atom. The summed E-state index contributed by atoms with van der Waals surface area (Å²) in [6.45, 7) is 1.95. The van der Waals surface area contributed by atoms with Gasteiger partial charge < -0.3 is 5.32 Å². The van der Waals surface area contributed by atoms with E-state index in [2.05, 4.69) is 31.2 Å². The first kappa shape index (κ1) is 16.8. The second-order valence-corrected chi connectivity index (χ2v) is 7.18. The Hall–Kier alpha value is -2.05. The van der Waals surface area contributed by atoms with Crippen molar-refractivity contribution in [3.8, 4) is 10.6 Å². The highest BCUT2D eigenvalue weighted by Gasteiger charge is 2.12. The number of pyridine rings is 1. The van der Waals surface area contributed by atoms with Crippen LogP contribution in [0.4, 0.5) is 0 Å². The Kier molecular flexibility index (Phi) is 5.37. The molecule has 122 valence electrons. The molecule has 0 spiro atoms. The van der Waals surface area contributed by atoms with Crippen LogP contribution in [0.3, 0.4) is 0 Å². The number of hydrogen-bond acceptors (Lipinski definition) is 4. The lowest BCUT2D eigenvalue weighted by Crippen LogP contribution is -2.28. The SMILES string of the molecule is CC(NC(=O)Cc1csc(-c2cccc(Br)c2)n1)c1cccnc1. The van der Waals surface area contributed by atoms with E-state index >= 15 is 0 Å². The molecule has 1 N–H and O–H groups in total. The summed E-state index contributed by atoms with van der Waals surface area (Å²) in [6, 6.07) is 11.7. The van der Waals surface area contributed by atoms with E-state index in [0.717, 1.165) is 26.3 Å². The predicted molar refractivity (Wildman–Crippen MR) is 99.7 cm³/mol. The topological polar surface area (TPSA) is 54.9 Å². The van der Waals surface area contributed by atoms with Crippen LogP contribution in [0.15, 0.2) is 58.6 Å². The Balaban J connectivity index is 1.63.